The summed E-state index contributed by atoms with van der Waals surface area (Å²) in [5.41, 5.74) is 6.99. The van der Waals surface area contributed by atoms with Crippen LogP contribution < -0.4 is 15.8 Å². The summed E-state index contributed by atoms with van der Waals surface area (Å²) in [4.78, 5) is 2.90. The molecule has 60 heavy (non-hydrogen) atoms. The standard InChI is InChI=1S/C13H19BrN2O3S.C10H12BrClO2S.C7H6BrClO2S.C4H9NO.C2H6ClN.CH3F.ClH/c1-10-12(14)3-2-4-13(10)20(18,19)15-6-8-16-7-5-11(17)9-16;1-8-9(11)4-2-5-10(8)15(13,14)7-3-6-12;1-5-6(8)3-2-4-7(5)12(9,10)11;6-4-1-2-5-3-4;3-1-2-4;1-2;/h2-4,11,15,17H,5-9H2,1H3;2,4-5H,3,6-7H2,1H3;2-4H,1H3;4-6H,1-3H2;1-2,4H2;1H3;1H/t11-;;;4-;;;/m1..1.../s1/i;;;;;1D;. The second kappa shape index (κ2) is 32.5. The Morgan fingerprint density at radius 3 is 1.68 bits per heavy atom. The zero-order valence-corrected chi connectivity index (χ0v) is 43.7. The lowest BCUT2D eigenvalue weighted by atomic mass is 10.2. The minimum atomic E-state index is -3.61. The molecule has 2 aliphatic heterocycles. The summed E-state index contributed by atoms with van der Waals surface area (Å²) in [5.74, 6) is 1.04. The first-order chi connectivity index (χ1) is 28.0. The number of halogens is 8. The Morgan fingerprint density at radius 1 is 0.850 bits per heavy atom. The fourth-order valence-electron chi connectivity index (χ4n) is 5.08. The van der Waals surface area contributed by atoms with Crippen LogP contribution in [0.2, 0.25) is 0 Å². The van der Waals surface area contributed by atoms with E-state index in [4.69, 9.17) is 46.1 Å². The van der Waals surface area contributed by atoms with Gasteiger partial charge in [-0.15, -0.1) is 35.6 Å². The van der Waals surface area contributed by atoms with Gasteiger partial charge in [0.05, 0.1) is 41.2 Å². The van der Waals surface area contributed by atoms with Crippen LogP contribution in [0.5, 0.6) is 0 Å². The molecule has 2 heterocycles. The molecule has 2 atom stereocenters. The fourth-order valence-corrected chi connectivity index (χ4v) is 11.0. The Balaban J connectivity index is 0. The highest BCUT2D eigenvalue weighted by Gasteiger charge is 2.22. The summed E-state index contributed by atoms with van der Waals surface area (Å²) in [7, 11) is -6.10. The van der Waals surface area contributed by atoms with Crippen molar-refractivity contribution in [1.82, 2.24) is 14.9 Å². The number of sulfonamides is 1. The Bertz CT molecular complexity index is 2050. The first kappa shape index (κ1) is 59.8. The maximum Gasteiger partial charge on any atom is 0.261 e. The summed E-state index contributed by atoms with van der Waals surface area (Å²) in [5, 5.41) is 21.1. The van der Waals surface area contributed by atoms with Crippen molar-refractivity contribution in [2.24, 2.45) is 5.73 Å². The minimum absolute atomic E-state index is 0. The average Bonchev–Trinajstić information content (AvgIpc) is 3.84. The summed E-state index contributed by atoms with van der Waals surface area (Å²) >= 11 is 20.4. The van der Waals surface area contributed by atoms with Crippen molar-refractivity contribution in [3.63, 3.8) is 0 Å². The maximum atomic E-state index is 12.2. The lowest BCUT2D eigenvalue weighted by molar-refractivity contribution is 0.177. The number of likely N-dealkylation sites (tertiary alicyclic amines) is 1. The molecule has 0 radical (unpaired) electrons. The van der Waals surface area contributed by atoms with Crippen molar-refractivity contribution >= 4 is 123 Å². The normalized spacial score (nSPS) is 16.3. The Hall–Kier alpha value is -0.200. The van der Waals surface area contributed by atoms with Crippen LogP contribution in [0, 0.1) is 20.8 Å². The van der Waals surface area contributed by atoms with E-state index < -0.39 is 36.1 Å². The van der Waals surface area contributed by atoms with E-state index in [9.17, 15) is 34.8 Å². The highest BCUT2D eigenvalue weighted by atomic mass is 79.9. The molecule has 5 rings (SSSR count). The number of nitrogens with zero attached hydrogens (tertiary/aromatic N) is 1. The number of aliphatic hydroxyl groups excluding tert-OH is 2. The molecule has 0 amide bonds. The number of nitrogens with two attached hydrogens (primary N) is 1. The zero-order chi connectivity index (χ0) is 46.1. The third kappa shape index (κ3) is 23.6. The van der Waals surface area contributed by atoms with E-state index in [-0.39, 0.29) is 35.3 Å². The molecule has 6 N–H and O–H groups in total. The van der Waals surface area contributed by atoms with Gasteiger partial charge in [0, 0.05) is 75.1 Å². The number of hydrogen-bond donors (Lipinski definition) is 5. The predicted molar refractivity (Wildman–Crippen MR) is 257 cm³/mol. The fraction of sp³-hybridized carbons (Fsp3) is 0.514. The first-order valence-corrected chi connectivity index (χ1v) is 26.8. The number of nitrogens with one attached hydrogen (secondary N) is 2. The van der Waals surface area contributed by atoms with Crippen LogP contribution in [0.25, 0.3) is 0 Å². The molecule has 2 fully saturated rings. The predicted octanol–water partition coefficient (Wildman–Crippen LogP) is 7.48. The largest absolute Gasteiger partial charge is 0.392 e. The van der Waals surface area contributed by atoms with Crippen LogP contribution in [-0.2, 0) is 28.9 Å². The number of aliphatic hydroxyl groups is 2. The smallest absolute Gasteiger partial charge is 0.261 e. The van der Waals surface area contributed by atoms with E-state index in [1.165, 1.54) is 6.07 Å². The molecule has 2 aliphatic rings. The molecule has 0 unspecified atom stereocenters. The van der Waals surface area contributed by atoms with E-state index in [0.717, 1.165) is 51.5 Å². The number of rotatable bonds is 11. The van der Waals surface area contributed by atoms with E-state index in [1.54, 1.807) is 57.2 Å². The van der Waals surface area contributed by atoms with Gasteiger partial charge in [-0.05, 0) is 99.7 Å². The Kier molecular flexibility index (Phi) is 32.3. The maximum absolute atomic E-state index is 12.2. The lowest BCUT2D eigenvalue weighted by Gasteiger charge is -2.16. The number of sulfone groups is 1. The van der Waals surface area contributed by atoms with Crippen LogP contribution in [-0.4, -0.2) is 123 Å². The van der Waals surface area contributed by atoms with Gasteiger partial charge in [0.25, 0.3) is 9.05 Å². The Labute approximate surface area is 403 Å². The molecule has 2 saturated heterocycles. The van der Waals surface area contributed by atoms with Crippen molar-refractivity contribution in [3.05, 3.63) is 84.7 Å². The molecular weight excluding hydrogens is 1130 g/mol. The van der Waals surface area contributed by atoms with E-state index in [1.807, 2.05) is 12.1 Å². The molecule has 3 aromatic rings. The SMILES string of the molecule is Cc1c(Br)cccc1S(=O)(=O)CCCCl.Cc1c(Br)cccc1S(=O)(=O)Cl.Cc1c(Br)cccc1S(=O)(=O)NCCN1CC[C@@H](O)C1.Cl.NCCCl.O[C@@H]1CCNC1.[2H]CF. The van der Waals surface area contributed by atoms with Crippen molar-refractivity contribution < 1.29 is 41.2 Å². The molecule has 12 nitrogen and oxygen atoms in total. The molecule has 3 aromatic carbocycles. The molecule has 0 aliphatic carbocycles. The molecule has 346 valence electrons. The van der Waals surface area contributed by atoms with Gasteiger partial charge in [0.2, 0.25) is 10.0 Å². The van der Waals surface area contributed by atoms with Gasteiger partial charge in [-0.1, -0.05) is 66.0 Å². The highest BCUT2D eigenvalue weighted by Crippen LogP contribution is 2.26. The molecule has 0 aromatic heterocycles. The number of β-amino-alcohol motifs (C(OH)–C–C–N with tert-alkyl or cyclic N) is 2. The van der Waals surface area contributed by atoms with Crippen molar-refractivity contribution in [2.45, 2.75) is 66.9 Å². The third-order valence-electron chi connectivity index (χ3n) is 8.20. The molecule has 0 spiro atoms. The van der Waals surface area contributed by atoms with Crippen LogP contribution >= 0.6 is 94.1 Å². The number of benzene rings is 3. The minimum Gasteiger partial charge on any atom is -0.392 e. The van der Waals surface area contributed by atoms with Gasteiger partial charge >= 0.3 is 0 Å². The van der Waals surface area contributed by atoms with Crippen LogP contribution in [0.1, 0.15) is 37.3 Å². The van der Waals surface area contributed by atoms with Crippen LogP contribution in [0.3, 0.4) is 0 Å². The van der Waals surface area contributed by atoms with Gasteiger partial charge in [-0.3, -0.25) is 9.29 Å². The number of hydrogen-bond acceptors (Lipinski definition) is 11. The summed E-state index contributed by atoms with van der Waals surface area (Å²) in [6.07, 6.45) is 1.83. The van der Waals surface area contributed by atoms with Crippen molar-refractivity contribution in [3.8, 4) is 0 Å². The van der Waals surface area contributed by atoms with Gasteiger partial charge < -0.3 is 21.3 Å². The monoisotopic (exact) mass is 1180 g/mol. The topological polar surface area (TPSA) is 196 Å². The van der Waals surface area contributed by atoms with Crippen LogP contribution in [0.15, 0.2) is 82.7 Å². The summed E-state index contributed by atoms with van der Waals surface area (Å²) in [6.45, 7) is 10.0. The lowest BCUT2D eigenvalue weighted by Crippen LogP contribution is -2.34. The summed E-state index contributed by atoms with van der Waals surface area (Å²) in [6, 6.07) is 15.2. The van der Waals surface area contributed by atoms with Crippen molar-refractivity contribution in [2.75, 3.05) is 70.5 Å². The second-order valence-electron chi connectivity index (χ2n) is 12.7. The van der Waals surface area contributed by atoms with E-state index in [2.05, 4.69) is 62.7 Å². The number of alkyl halides is 3. The molecule has 0 saturated carbocycles. The summed E-state index contributed by atoms with van der Waals surface area (Å²) < 4.78 is 90.6. The molecule has 0 bridgehead atoms. The van der Waals surface area contributed by atoms with Gasteiger partial charge in [-0.25, -0.2) is 30.0 Å². The molecule has 23 heteroatoms. The van der Waals surface area contributed by atoms with E-state index in [0.29, 0.717) is 65.3 Å². The van der Waals surface area contributed by atoms with E-state index >= 15 is 0 Å². The molecular formula is C37H56Br3Cl4FN4O8S3. The Morgan fingerprint density at radius 2 is 1.32 bits per heavy atom. The second-order valence-corrected chi connectivity index (χ2v) is 22.3. The van der Waals surface area contributed by atoms with Gasteiger partial charge in [0.1, 0.15) is 0 Å². The quantitative estimate of drug-likeness (QED) is 0.0944. The average molecular weight is 1180 g/mol. The highest BCUT2D eigenvalue weighted by molar-refractivity contribution is 9.11. The van der Waals surface area contributed by atoms with Gasteiger partial charge in [-0.2, -0.15) is 0 Å². The first-order valence-electron chi connectivity index (χ1n) is 18.6. The zero-order valence-electron chi connectivity index (χ0n) is 34.4. The van der Waals surface area contributed by atoms with Crippen molar-refractivity contribution in [1.29, 1.82) is 0 Å². The third-order valence-corrected chi connectivity index (χ3v) is 16.3. The van der Waals surface area contributed by atoms with Crippen LogP contribution in [0.4, 0.5) is 4.39 Å². The van der Waals surface area contributed by atoms with Gasteiger partial charge in [0.15, 0.2) is 9.84 Å².